The lowest BCUT2D eigenvalue weighted by molar-refractivity contribution is -0.131. The Hall–Kier alpha value is -1.91. The highest BCUT2D eigenvalue weighted by Gasteiger charge is 2.23. The topological polar surface area (TPSA) is 46.3 Å². The van der Waals surface area contributed by atoms with Gasteiger partial charge in [-0.1, -0.05) is 48.7 Å². The monoisotopic (exact) mass is 376 g/mol. The second-order valence-corrected chi connectivity index (χ2v) is 6.90. The third kappa shape index (κ3) is 5.82. The maximum atomic E-state index is 13.3. The molecule has 0 aliphatic carbocycles. The molecule has 0 radical (unpaired) electrons. The molecule has 0 fully saturated rings. The summed E-state index contributed by atoms with van der Waals surface area (Å²) in [6, 6.07) is 13.4. The molecule has 3 nitrogen and oxygen atoms in total. The van der Waals surface area contributed by atoms with Gasteiger partial charge in [-0.15, -0.1) is 0 Å². The van der Waals surface area contributed by atoms with Crippen molar-refractivity contribution < 1.29 is 9.18 Å². The zero-order valence-electron chi connectivity index (χ0n) is 15.1. The van der Waals surface area contributed by atoms with Crippen molar-refractivity contribution in [1.29, 1.82) is 0 Å². The van der Waals surface area contributed by atoms with Crippen LogP contribution in [-0.2, 0) is 4.79 Å². The van der Waals surface area contributed by atoms with Gasteiger partial charge in [-0.25, -0.2) is 4.39 Å². The minimum Gasteiger partial charge on any atom is -0.335 e. The van der Waals surface area contributed by atoms with Crippen LogP contribution in [-0.4, -0.2) is 24.4 Å². The fraction of sp³-hybridized carbons (Fsp3) is 0.381. The molecule has 26 heavy (non-hydrogen) atoms. The van der Waals surface area contributed by atoms with Gasteiger partial charge in [0.25, 0.3) is 0 Å². The Morgan fingerprint density at radius 3 is 2.12 bits per heavy atom. The number of carbonyl (C=O) groups is 1. The molecule has 0 saturated heterocycles. The SMILES string of the molecule is CN(C(=O)CCCCCCN)C(c1ccc(F)cc1)c1ccc(Cl)cc1. The van der Waals surface area contributed by atoms with E-state index in [0.29, 0.717) is 18.0 Å². The number of nitrogens with zero attached hydrogens (tertiary/aromatic N) is 1. The number of benzene rings is 2. The summed E-state index contributed by atoms with van der Waals surface area (Å²) in [4.78, 5) is 14.4. The Bertz CT molecular complexity index is 643. The van der Waals surface area contributed by atoms with Crippen molar-refractivity contribution in [3.8, 4) is 0 Å². The second kappa shape index (κ2) is 10.3. The van der Waals surface area contributed by atoms with E-state index in [4.69, 9.17) is 17.3 Å². The summed E-state index contributed by atoms with van der Waals surface area (Å²) >= 11 is 6.00. The van der Waals surface area contributed by atoms with Crippen LogP contribution in [0.15, 0.2) is 48.5 Å². The summed E-state index contributed by atoms with van der Waals surface area (Å²) in [5.74, 6) is -0.223. The van der Waals surface area contributed by atoms with Crippen LogP contribution in [0.1, 0.15) is 49.3 Å². The van der Waals surface area contributed by atoms with E-state index in [1.54, 1.807) is 36.2 Å². The fourth-order valence-electron chi connectivity index (χ4n) is 3.02. The molecule has 1 unspecified atom stereocenters. The number of carbonyl (C=O) groups excluding carboxylic acids is 1. The van der Waals surface area contributed by atoms with Crippen molar-refractivity contribution in [1.82, 2.24) is 4.90 Å². The Morgan fingerprint density at radius 1 is 1.00 bits per heavy atom. The van der Waals surface area contributed by atoms with Gasteiger partial charge in [0.1, 0.15) is 5.82 Å². The van der Waals surface area contributed by atoms with Crippen molar-refractivity contribution in [2.75, 3.05) is 13.6 Å². The lowest BCUT2D eigenvalue weighted by atomic mass is 9.97. The molecule has 0 bridgehead atoms. The van der Waals surface area contributed by atoms with E-state index >= 15 is 0 Å². The molecule has 140 valence electrons. The van der Waals surface area contributed by atoms with Gasteiger partial charge >= 0.3 is 0 Å². The Labute approximate surface area is 160 Å². The third-order valence-electron chi connectivity index (χ3n) is 4.50. The highest BCUT2D eigenvalue weighted by molar-refractivity contribution is 6.30. The number of nitrogens with two attached hydrogens (primary N) is 1. The zero-order valence-corrected chi connectivity index (χ0v) is 15.9. The van der Waals surface area contributed by atoms with E-state index in [1.165, 1.54) is 12.1 Å². The number of hydrogen-bond acceptors (Lipinski definition) is 2. The average Bonchev–Trinajstić information content (AvgIpc) is 2.64. The standard InChI is InChI=1S/C21H26ClFN2O/c1-25(20(26)6-4-2-3-5-15-24)21(16-7-11-18(22)12-8-16)17-9-13-19(23)14-10-17/h7-14,21H,2-6,15,24H2,1H3. The number of halogens is 2. The van der Waals surface area contributed by atoms with Crippen molar-refractivity contribution in [2.45, 2.75) is 38.1 Å². The predicted octanol–water partition coefficient (Wildman–Crippen LogP) is 4.94. The van der Waals surface area contributed by atoms with Crippen LogP contribution < -0.4 is 5.73 Å². The van der Waals surface area contributed by atoms with Crippen LogP contribution in [0.25, 0.3) is 0 Å². The number of hydrogen-bond donors (Lipinski definition) is 1. The fourth-order valence-corrected chi connectivity index (χ4v) is 3.15. The lowest BCUT2D eigenvalue weighted by Gasteiger charge is -2.29. The largest absolute Gasteiger partial charge is 0.335 e. The van der Waals surface area contributed by atoms with Gasteiger partial charge in [-0.3, -0.25) is 4.79 Å². The Kier molecular flexibility index (Phi) is 8.07. The van der Waals surface area contributed by atoms with E-state index in [0.717, 1.165) is 36.8 Å². The Morgan fingerprint density at radius 2 is 1.54 bits per heavy atom. The van der Waals surface area contributed by atoms with Crippen molar-refractivity contribution in [3.63, 3.8) is 0 Å². The molecule has 5 heteroatoms. The van der Waals surface area contributed by atoms with E-state index < -0.39 is 0 Å². The zero-order chi connectivity index (χ0) is 18.9. The third-order valence-corrected chi connectivity index (χ3v) is 4.75. The molecule has 0 aliphatic heterocycles. The number of unbranched alkanes of at least 4 members (excludes halogenated alkanes) is 3. The van der Waals surface area contributed by atoms with Gasteiger partial charge < -0.3 is 10.6 Å². The van der Waals surface area contributed by atoms with E-state index in [-0.39, 0.29) is 17.8 Å². The molecule has 0 spiro atoms. The first-order chi connectivity index (χ1) is 12.5. The quantitative estimate of drug-likeness (QED) is 0.630. The van der Waals surface area contributed by atoms with Gasteiger partial charge in [-0.2, -0.15) is 0 Å². The van der Waals surface area contributed by atoms with E-state index in [2.05, 4.69) is 0 Å². The summed E-state index contributed by atoms with van der Waals surface area (Å²) in [5.41, 5.74) is 7.31. The minimum atomic E-state index is -0.294. The summed E-state index contributed by atoms with van der Waals surface area (Å²) in [6.07, 6.45) is 4.38. The summed E-state index contributed by atoms with van der Waals surface area (Å²) in [6.45, 7) is 0.692. The molecular weight excluding hydrogens is 351 g/mol. The lowest BCUT2D eigenvalue weighted by Crippen LogP contribution is -2.31. The first kappa shape index (κ1) is 20.4. The minimum absolute atomic E-state index is 0.0713. The number of amides is 1. The molecule has 2 rings (SSSR count). The molecule has 2 N–H and O–H groups in total. The first-order valence-electron chi connectivity index (χ1n) is 8.99. The molecule has 0 aromatic heterocycles. The molecule has 0 saturated carbocycles. The van der Waals surface area contributed by atoms with Gasteiger partial charge in [0.05, 0.1) is 6.04 Å². The number of rotatable bonds is 9. The summed E-state index contributed by atoms with van der Waals surface area (Å²) in [7, 11) is 1.80. The normalized spacial score (nSPS) is 12.0. The van der Waals surface area contributed by atoms with Gasteiger partial charge in [0, 0.05) is 18.5 Å². The molecule has 0 heterocycles. The van der Waals surface area contributed by atoms with Crippen molar-refractivity contribution in [2.24, 2.45) is 5.73 Å². The first-order valence-corrected chi connectivity index (χ1v) is 9.37. The highest BCUT2D eigenvalue weighted by atomic mass is 35.5. The van der Waals surface area contributed by atoms with Crippen molar-refractivity contribution in [3.05, 3.63) is 70.5 Å². The summed E-state index contributed by atoms with van der Waals surface area (Å²) in [5, 5.41) is 0.639. The van der Waals surface area contributed by atoms with Gasteiger partial charge in [0.2, 0.25) is 5.91 Å². The molecule has 0 aliphatic rings. The maximum absolute atomic E-state index is 13.3. The van der Waals surface area contributed by atoms with Crippen LogP contribution in [0.4, 0.5) is 4.39 Å². The van der Waals surface area contributed by atoms with Crippen molar-refractivity contribution >= 4 is 17.5 Å². The van der Waals surface area contributed by atoms with E-state index in [9.17, 15) is 9.18 Å². The molecular formula is C21H26ClFN2O. The average molecular weight is 377 g/mol. The predicted molar refractivity (Wildman–Crippen MR) is 105 cm³/mol. The second-order valence-electron chi connectivity index (χ2n) is 6.46. The van der Waals surface area contributed by atoms with E-state index in [1.807, 2.05) is 12.1 Å². The van der Waals surface area contributed by atoms with Gasteiger partial charge in [-0.05, 0) is 54.8 Å². The van der Waals surface area contributed by atoms with Crippen LogP contribution >= 0.6 is 11.6 Å². The smallest absolute Gasteiger partial charge is 0.223 e. The highest BCUT2D eigenvalue weighted by Crippen LogP contribution is 2.29. The van der Waals surface area contributed by atoms with Gasteiger partial charge in [0.15, 0.2) is 0 Å². The molecule has 2 aromatic rings. The molecule has 2 aromatic carbocycles. The Balaban J connectivity index is 2.15. The van der Waals surface area contributed by atoms with Crippen LogP contribution in [0, 0.1) is 5.82 Å². The maximum Gasteiger partial charge on any atom is 0.223 e. The van der Waals surface area contributed by atoms with Crippen LogP contribution in [0.5, 0.6) is 0 Å². The summed E-state index contributed by atoms with van der Waals surface area (Å²) < 4.78 is 13.3. The molecule has 1 atom stereocenters. The van der Waals surface area contributed by atoms with Crippen LogP contribution in [0.3, 0.4) is 0 Å². The molecule has 1 amide bonds. The van der Waals surface area contributed by atoms with Crippen LogP contribution in [0.2, 0.25) is 5.02 Å².